The SMILES string of the molecule is CCC1CCc2nc(CC#N)sc2C1. The van der Waals surface area contributed by atoms with E-state index in [1.807, 2.05) is 0 Å². The minimum Gasteiger partial charge on any atom is -0.245 e. The smallest absolute Gasteiger partial charge is 0.107 e. The average Bonchev–Trinajstić information content (AvgIpc) is 2.59. The van der Waals surface area contributed by atoms with Crippen molar-refractivity contribution in [3.05, 3.63) is 15.6 Å². The molecule has 1 aliphatic carbocycles. The molecular weight excluding hydrogens is 192 g/mol. The number of thiazole rings is 1. The lowest BCUT2D eigenvalue weighted by Gasteiger charge is -2.18. The van der Waals surface area contributed by atoms with E-state index in [4.69, 9.17) is 5.26 Å². The molecule has 2 rings (SSSR count). The van der Waals surface area contributed by atoms with Gasteiger partial charge in [-0.15, -0.1) is 11.3 Å². The quantitative estimate of drug-likeness (QED) is 0.746. The third-order valence-electron chi connectivity index (χ3n) is 2.89. The van der Waals surface area contributed by atoms with E-state index in [1.165, 1.54) is 29.8 Å². The van der Waals surface area contributed by atoms with Gasteiger partial charge in [0.1, 0.15) is 5.01 Å². The molecule has 0 saturated heterocycles. The number of rotatable bonds is 2. The van der Waals surface area contributed by atoms with Crippen molar-refractivity contribution in [3.8, 4) is 6.07 Å². The maximum Gasteiger partial charge on any atom is 0.107 e. The number of fused-ring (bicyclic) bond motifs is 1. The van der Waals surface area contributed by atoms with Gasteiger partial charge < -0.3 is 0 Å². The Labute approximate surface area is 88.6 Å². The first-order valence-corrected chi connectivity index (χ1v) is 5.99. The standard InChI is InChI=1S/C11H14N2S/c1-2-8-3-4-9-10(7-8)14-11(13-9)5-6-12/h8H,2-5,7H2,1H3. The second kappa shape index (κ2) is 4.10. The summed E-state index contributed by atoms with van der Waals surface area (Å²) in [4.78, 5) is 5.94. The van der Waals surface area contributed by atoms with Gasteiger partial charge in [0.05, 0.1) is 18.2 Å². The lowest BCUT2D eigenvalue weighted by molar-refractivity contribution is 0.446. The van der Waals surface area contributed by atoms with Gasteiger partial charge in [0.25, 0.3) is 0 Å². The first-order chi connectivity index (χ1) is 6.83. The van der Waals surface area contributed by atoms with Crippen molar-refractivity contribution in [2.24, 2.45) is 5.92 Å². The number of nitrogens with zero attached hydrogens (tertiary/aromatic N) is 2. The van der Waals surface area contributed by atoms with Gasteiger partial charge in [-0.2, -0.15) is 5.26 Å². The minimum atomic E-state index is 0.481. The molecule has 1 aliphatic rings. The molecule has 0 N–H and O–H groups in total. The lowest BCUT2D eigenvalue weighted by atomic mass is 9.89. The van der Waals surface area contributed by atoms with Crippen LogP contribution in [0.15, 0.2) is 0 Å². The zero-order chi connectivity index (χ0) is 9.97. The molecule has 0 aromatic carbocycles. The zero-order valence-corrected chi connectivity index (χ0v) is 9.23. The van der Waals surface area contributed by atoms with Crippen molar-refractivity contribution in [1.29, 1.82) is 5.26 Å². The fourth-order valence-electron chi connectivity index (χ4n) is 1.99. The van der Waals surface area contributed by atoms with Crippen molar-refractivity contribution in [1.82, 2.24) is 4.98 Å². The molecule has 1 atom stereocenters. The zero-order valence-electron chi connectivity index (χ0n) is 8.42. The highest BCUT2D eigenvalue weighted by atomic mass is 32.1. The highest BCUT2D eigenvalue weighted by Crippen LogP contribution is 2.31. The summed E-state index contributed by atoms with van der Waals surface area (Å²) in [5.41, 5.74) is 1.27. The Bertz CT molecular complexity index is 362. The van der Waals surface area contributed by atoms with Gasteiger partial charge in [0, 0.05) is 4.88 Å². The van der Waals surface area contributed by atoms with Crippen LogP contribution in [0.2, 0.25) is 0 Å². The third-order valence-corrected chi connectivity index (χ3v) is 4.01. The van der Waals surface area contributed by atoms with Crippen LogP contribution in [0.3, 0.4) is 0 Å². The predicted molar refractivity (Wildman–Crippen MR) is 57.2 cm³/mol. The van der Waals surface area contributed by atoms with E-state index in [0.29, 0.717) is 6.42 Å². The summed E-state index contributed by atoms with van der Waals surface area (Å²) in [5, 5.41) is 9.60. The molecule has 14 heavy (non-hydrogen) atoms. The number of hydrogen-bond acceptors (Lipinski definition) is 3. The van der Waals surface area contributed by atoms with E-state index in [0.717, 1.165) is 17.3 Å². The minimum absolute atomic E-state index is 0.481. The van der Waals surface area contributed by atoms with Crippen molar-refractivity contribution in [3.63, 3.8) is 0 Å². The van der Waals surface area contributed by atoms with Gasteiger partial charge >= 0.3 is 0 Å². The van der Waals surface area contributed by atoms with Gasteiger partial charge in [-0.25, -0.2) is 4.98 Å². The van der Waals surface area contributed by atoms with Crippen LogP contribution in [-0.2, 0) is 19.3 Å². The summed E-state index contributed by atoms with van der Waals surface area (Å²) in [6, 6.07) is 2.17. The van der Waals surface area contributed by atoms with Gasteiger partial charge in [-0.1, -0.05) is 13.3 Å². The number of aromatic nitrogens is 1. The third kappa shape index (κ3) is 1.80. The molecule has 2 nitrogen and oxygen atoms in total. The lowest BCUT2D eigenvalue weighted by Crippen LogP contribution is -2.11. The molecule has 1 heterocycles. The topological polar surface area (TPSA) is 36.7 Å². The Morgan fingerprint density at radius 2 is 2.50 bits per heavy atom. The van der Waals surface area contributed by atoms with Gasteiger partial charge in [0.2, 0.25) is 0 Å². The summed E-state index contributed by atoms with van der Waals surface area (Å²) in [6.07, 6.45) is 5.34. The van der Waals surface area contributed by atoms with Crippen molar-refractivity contribution in [2.75, 3.05) is 0 Å². The Balaban J connectivity index is 2.17. The van der Waals surface area contributed by atoms with Crippen LogP contribution in [0.5, 0.6) is 0 Å². The molecule has 74 valence electrons. The van der Waals surface area contributed by atoms with Crippen molar-refractivity contribution >= 4 is 11.3 Å². The summed E-state index contributed by atoms with van der Waals surface area (Å²) in [5.74, 6) is 0.845. The van der Waals surface area contributed by atoms with Crippen LogP contribution in [0, 0.1) is 17.2 Å². The molecule has 0 fully saturated rings. The highest BCUT2D eigenvalue weighted by molar-refractivity contribution is 7.11. The molecule has 1 unspecified atom stereocenters. The Morgan fingerprint density at radius 3 is 3.21 bits per heavy atom. The fourth-order valence-corrected chi connectivity index (χ4v) is 3.15. The largest absolute Gasteiger partial charge is 0.245 e. The fraction of sp³-hybridized carbons (Fsp3) is 0.636. The normalized spacial score (nSPS) is 20.1. The molecule has 0 spiro atoms. The maximum absolute atomic E-state index is 8.60. The van der Waals surface area contributed by atoms with E-state index in [-0.39, 0.29) is 0 Å². The number of hydrogen-bond donors (Lipinski definition) is 0. The van der Waals surface area contributed by atoms with E-state index in [2.05, 4.69) is 18.0 Å². The molecule has 1 aromatic heterocycles. The van der Waals surface area contributed by atoms with Crippen molar-refractivity contribution < 1.29 is 0 Å². The summed E-state index contributed by atoms with van der Waals surface area (Å²) < 4.78 is 0. The van der Waals surface area contributed by atoms with Gasteiger partial charge in [-0.3, -0.25) is 0 Å². The van der Waals surface area contributed by atoms with Crippen LogP contribution in [-0.4, -0.2) is 4.98 Å². The first kappa shape index (κ1) is 9.67. The molecule has 0 saturated carbocycles. The van der Waals surface area contributed by atoms with E-state index >= 15 is 0 Å². The number of aryl methyl sites for hydroxylation is 1. The Kier molecular flexibility index (Phi) is 2.83. The summed E-state index contributed by atoms with van der Waals surface area (Å²) >= 11 is 1.75. The van der Waals surface area contributed by atoms with Crippen LogP contribution in [0.4, 0.5) is 0 Å². The van der Waals surface area contributed by atoms with E-state index in [9.17, 15) is 0 Å². The van der Waals surface area contributed by atoms with Crippen LogP contribution < -0.4 is 0 Å². The second-order valence-electron chi connectivity index (χ2n) is 3.83. The van der Waals surface area contributed by atoms with Crippen LogP contribution >= 0.6 is 11.3 Å². The Hall–Kier alpha value is -0.880. The van der Waals surface area contributed by atoms with Crippen LogP contribution in [0.1, 0.15) is 35.3 Å². The Morgan fingerprint density at radius 1 is 1.64 bits per heavy atom. The maximum atomic E-state index is 8.60. The molecule has 3 heteroatoms. The molecule has 0 bridgehead atoms. The van der Waals surface area contributed by atoms with Gasteiger partial charge in [-0.05, 0) is 25.2 Å². The monoisotopic (exact) mass is 206 g/mol. The van der Waals surface area contributed by atoms with Gasteiger partial charge in [0.15, 0.2) is 0 Å². The average molecular weight is 206 g/mol. The highest BCUT2D eigenvalue weighted by Gasteiger charge is 2.20. The van der Waals surface area contributed by atoms with Crippen molar-refractivity contribution in [2.45, 2.75) is 39.0 Å². The predicted octanol–water partition coefficient (Wildman–Crippen LogP) is 2.72. The molecule has 0 amide bonds. The summed E-state index contributed by atoms with van der Waals surface area (Å²) in [6.45, 7) is 2.26. The molecule has 0 radical (unpaired) electrons. The molecular formula is C11H14N2S. The van der Waals surface area contributed by atoms with E-state index in [1.54, 1.807) is 11.3 Å². The molecule has 1 aromatic rings. The van der Waals surface area contributed by atoms with Crippen LogP contribution in [0.25, 0.3) is 0 Å². The van der Waals surface area contributed by atoms with E-state index < -0.39 is 0 Å². The second-order valence-corrected chi connectivity index (χ2v) is 5.00. The first-order valence-electron chi connectivity index (χ1n) is 5.18. The number of nitriles is 1. The molecule has 0 aliphatic heterocycles. The summed E-state index contributed by atoms with van der Waals surface area (Å²) in [7, 11) is 0.